The topological polar surface area (TPSA) is 160 Å². The highest BCUT2D eigenvalue weighted by molar-refractivity contribution is 7.10. The number of carbonyl (C=O) groups excluding carboxylic acids is 4. The SMILES string of the molecule is CCn1c(-c2cccnc2[C@H](C)OC)c2c3cc(ccc31)-c1csc(n1)C[C@H](NC(=O)C(OC(=O)N1CC(N(C)C)C1)C(C)C)C(=O)N1CCC[C@H](N1)C(=O)OCC(C)(C)C2. The molecule has 3 aliphatic rings. The van der Waals surface area contributed by atoms with Crippen LogP contribution in [0.25, 0.3) is 33.4 Å². The Morgan fingerprint density at radius 1 is 1.15 bits per heavy atom. The number of hydrazine groups is 1. The molecule has 328 valence electrons. The Balaban J connectivity index is 1.27. The van der Waals surface area contributed by atoms with E-state index in [1.165, 1.54) is 16.3 Å². The van der Waals surface area contributed by atoms with Gasteiger partial charge in [0.05, 0.1) is 34.8 Å². The zero-order valence-electron chi connectivity index (χ0n) is 36.8. The highest BCUT2D eigenvalue weighted by Crippen LogP contribution is 2.42. The molecule has 3 aliphatic heterocycles. The number of cyclic esters (lactones) is 1. The predicted molar refractivity (Wildman–Crippen MR) is 233 cm³/mol. The van der Waals surface area contributed by atoms with E-state index in [1.807, 2.05) is 37.4 Å². The van der Waals surface area contributed by atoms with Gasteiger partial charge in [-0.1, -0.05) is 33.8 Å². The number of nitrogens with one attached hydrogen (secondary N) is 2. The molecule has 1 aromatic carbocycles. The summed E-state index contributed by atoms with van der Waals surface area (Å²) < 4.78 is 20.0. The van der Waals surface area contributed by atoms with Gasteiger partial charge in [-0.2, -0.15) is 0 Å². The van der Waals surface area contributed by atoms with Gasteiger partial charge in [-0.15, -0.1) is 11.3 Å². The molecule has 4 aromatic rings. The van der Waals surface area contributed by atoms with Crippen LogP contribution in [0, 0.1) is 11.3 Å². The van der Waals surface area contributed by atoms with Gasteiger partial charge < -0.3 is 33.9 Å². The number of hydrogen-bond donors (Lipinski definition) is 2. The third kappa shape index (κ3) is 9.32. The molecule has 6 bridgehead atoms. The van der Waals surface area contributed by atoms with Gasteiger partial charge in [0, 0.05) is 84.8 Å². The highest BCUT2D eigenvalue weighted by Gasteiger charge is 2.39. The number of aryl methyl sites for hydroxylation is 1. The second kappa shape index (κ2) is 18.2. The van der Waals surface area contributed by atoms with Crippen LogP contribution in [-0.4, -0.2) is 125 Å². The number of aromatic nitrogens is 3. The summed E-state index contributed by atoms with van der Waals surface area (Å²) in [5.41, 5.74) is 9.30. The van der Waals surface area contributed by atoms with Gasteiger partial charge in [0.1, 0.15) is 12.1 Å². The first-order valence-corrected chi connectivity index (χ1v) is 22.2. The van der Waals surface area contributed by atoms with Gasteiger partial charge in [-0.05, 0) is 83.0 Å². The lowest BCUT2D eigenvalue weighted by molar-refractivity contribution is -0.155. The lowest BCUT2D eigenvalue weighted by Crippen LogP contribution is -2.62. The van der Waals surface area contributed by atoms with Gasteiger partial charge in [0.25, 0.3) is 11.8 Å². The zero-order chi connectivity index (χ0) is 43.7. The van der Waals surface area contributed by atoms with E-state index in [4.69, 9.17) is 24.2 Å². The minimum absolute atomic E-state index is 0.0808. The smallest absolute Gasteiger partial charge is 0.410 e. The number of nitrogens with zero attached hydrogens (tertiary/aromatic N) is 6. The molecule has 1 unspecified atom stereocenters. The van der Waals surface area contributed by atoms with Crippen LogP contribution in [0.15, 0.2) is 41.9 Å². The number of methoxy groups -OCH3 is 1. The predicted octanol–water partition coefficient (Wildman–Crippen LogP) is 5.61. The first-order valence-electron chi connectivity index (χ1n) is 21.3. The molecule has 0 spiro atoms. The van der Waals surface area contributed by atoms with Crippen LogP contribution in [0.5, 0.6) is 0 Å². The fourth-order valence-electron chi connectivity index (χ4n) is 8.42. The number of likely N-dealkylation sites (tertiary alicyclic amines) is 1. The van der Waals surface area contributed by atoms with Gasteiger partial charge in [-0.3, -0.25) is 24.4 Å². The molecule has 7 rings (SSSR count). The molecule has 3 aromatic heterocycles. The van der Waals surface area contributed by atoms with Crippen molar-refractivity contribution in [1.29, 1.82) is 0 Å². The Kier molecular flexibility index (Phi) is 13.2. The maximum absolute atomic E-state index is 14.4. The number of likely N-dealkylation sites (N-methyl/N-ethyl adjacent to an activating group) is 1. The number of esters is 1. The highest BCUT2D eigenvalue weighted by atomic mass is 32.1. The van der Waals surface area contributed by atoms with Crippen molar-refractivity contribution in [2.45, 2.75) is 104 Å². The van der Waals surface area contributed by atoms with Crippen LogP contribution >= 0.6 is 11.3 Å². The summed E-state index contributed by atoms with van der Waals surface area (Å²) in [6, 6.07) is 8.79. The van der Waals surface area contributed by atoms with Gasteiger partial charge in [0.2, 0.25) is 0 Å². The summed E-state index contributed by atoms with van der Waals surface area (Å²) >= 11 is 1.41. The van der Waals surface area contributed by atoms with Crippen molar-refractivity contribution in [3.63, 3.8) is 0 Å². The van der Waals surface area contributed by atoms with E-state index >= 15 is 0 Å². The molecule has 2 N–H and O–H groups in total. The van der Waals surface area contributed by atoms with Crippen molar-refractivity contribution in [1.82, 2.24) is 40.1 Å². The molecule has 3 amide bonds. The van der Waals surface area contributed by atoms with Crippen LogP contribution < -0.4 is 10.7 Å². The average Bonchev–Trinajstić information content (AvgIpc) is 3.81. The van der Waals surface area contributed by atoms with Crippen molar-refractivity contribution in [2.75, 3.05) is 47.4 Å². The molecular formula is C45H60N8O7S. The van der Waals surface area contributed by atoms with E-state index in [-0.39, 0.29) is 31.1 Å². The number of pyridine rings is 1. The summed E-state index contributed by atoms with van der Waals surface area (Å²) in [4.78, 5) is 68.9. The quantitative estimate of drug-likeness (QED) is 0.202. The molecule has 2 saturated heterocycles. The Morgan fingerprint density at radius 3 is 2.62 bits per heavy atom. The normalized spacial score (nSPS) is 20.9. The standard InChI is InChI=1S/C45H60N8O7S/c1-10-52-36-16-15-28-19-31(36)32(39(52)30-13-11-17-46-38(30)27(4)58-9)21-45(5,6)25-59-43(56)33-14-12-18-53(49-33)42(55)34(20-37-47-35(28)24-61-37)48-41(54)40(26(2)3)60-44(57)51-22-29(23-51)50(7)8/h11,13,15-17,19,24,26-27,29,33-34,40,49H,10,12,14,18,20-23,25H2,1-9H3,(H,48,54)/t27-,33-,34-,40?/m0/s1. The molecule has 61 heavy (non-hydrogen) atoms. The molecule has 0 radical (unpaired) electrons. The van der Waals surface area contributed by atoms with E-state index in [0.29, 0.717) is 50.4 Å². The Morgan fingerprint density at radius 2 is 1.92 bits per heavy atom. The number of benzene rings is 1. The number of hydrogen-bond acceptors (Lipinski definition) is 12. The monoisotopic (exact) mass is 856 g/mol. The molecule has 4 atom stereocenters. The maximum atomic E-state index is 14.4. The summed E-state index contributed by atoms with van der Waals surface area (Å²) in [6.45, 7) is 14.1. The van der Waals surface area contributed by atoms with Crippen LogP contribution in [0.2, 0.25) is 0 Å². The molecule has 16 heteroatoms. The van der Waals surface area contributed by atoms with E-state index in [1.54, 1.807) is 32.1 Å². The number of fused-ring (bicyclic) bond motifs is 6. The number of rotatable bonds is 9. The van der Waals surface area contributed by atoms with E-state index in [2.05, 4.69) is 60.3 Å². The molecule has 0 aliphatic carbocycles. The maximum Gasteiger partial charge on any atom is 0.410 e. The Labute approximate surface area is 362 Å². The largest absolute Gasteiger partial charge is 0.464 e. The Hall–Kier alpha value is -4.90. The zero-order valence-corrected chi connectivity index (χ0v) is 37.6. The number of carbonyl (C=O) groups is 4. The fraction of sp³-hybridized carbons (Fsp3) is 0.556. The van der Waals surface area contributed by atoms with Crippen molar-refractivity contribution in [3.8, 4) is 22.5 Å². The van der Waals surface area contributed by atoms with Crippen LogP contribution in [0.1, 0.15) is 76.8 Å². The first kappa shape index (κ1) is 44.2. The summed E-state index contributed by atoms with van der Waals surface area (Å²) in [5, 5.41) is 8.01. The summed E-state index contributed by atoms with van der Waals surface area (Å²) in [5.74, 6) is -1.82. The number of ether oxygens (including phenoxy) is 3. The lowest BCUT2D eigenvalue weighted by atomic mass is 9.84. The number of thiazole rings is 1. The van der Waals surface area contributed by atoms with Crippen LogP contribution in [-0.2, 0) is 48.0 Å². The van der Waals surface area contributed by atoms with Crippen molar-refractivity contribution >= 4 is 46.1 Å². The minimum atomic E-state index is -1.14. The van der Waals surface area contributed by atoms with Crippen molar-refractivity contribution < 1.29 is 33.4 Å². The lowest BCUT2D eigenvalue weighted by Gasteiger charge is -2.42. The molecule has 15 nitrogen and oxygen atoms in total. The average molecular weight is 857 g/mol. The molecule has 0 saturated carbocycles. The third-order valence-electron chi connectivity index (χ3n) is 12.1. The van der Waals surface area contributed by atoms with Gasteiger partial charge >= 0.3 is 12.1 Å². The first-order chi connectivity index (χ1) is 29.1. The van der Waals surface area contributed by atoms with E-state index < -0.39 is 47.5 Å². The van der Waals surface area contributed by atoms with Crippen molar-refractivity contribution in [2.24, 2.45) is 11.3 Å². The third-order valence-corrected chi connectivity index (χ3v) is 13.0. The minimum Gasteiger partial charge on any atom is -0.464 e. The van der Waals surface area contributed by atoms with Crippen LogP contribution in [0.3, 0.4) is 0 Å². The molecular weight excluding hydrogens is 797 g/mol. The Bertz CT molecular complexity index is 2260. The van der Waals surface area contributed by atoms with Crippen molar-refractivity contribution in [3.05, 3.63) is 58.2 Å². The molecule has 2 fully saturated rings. The second-order valence-electron chi connectivity index (χ2n) is 17.8. The van der Waals surface area contributed by atoms with Crippen LogP contribution in [0.4, 0.5) is 4.79 Å². The second-order valence-corrected chi connectivity index (χ2v) is 18.8. The fourth-order valence-corrected chi connectivity index (χ4v) is 9.27. The number of amides is 3. The summed E-state index contributed by atoms with van der Waals surface area (Å²) in [7, 11) is 5.60. The molecule has 6 heterocycles. The van der Waals surface area contributed by atoms with Gasteiger partial charge in [-0.25, -0.2) is 15.2 Å². The van der Waals surface area contributed by atoms with E-state index in [0.717, 1.165) is 44.7 Å². The van der Waals surface area contributed by atoms with E-state index in [9.17, 15) is 19.2 Å². The van der Waals surface area contributed by atoms with Gasteiger partial charge in [0.15, 0.2) is 6.10 Å². The summed E-state index contributed by atoms with van der Waals surface area (Å²) in [6.07, 6.45) is 1.53.